The van der Waals surface area contributed by atoms with Crippen LogP contribution in [0, 0.1) is 19.7 Å². The van der Waals surface area contributed by atoms with E-state index in [1.165, 1.54) is 29.3 Å². The number of aryl methyl sites for hydroxylation is 2. The molecule has 1 atom stereocenters. The van der Waals surface area contributed by atoms with Gasteiger partial charge >= 0.3 is 0 Å². The lowest BCUT2D eigenvalue weighted by molar-refractivity contribution is -0.119. The number of halogens is 1. The van der Waals surface area contributed by atoms with Crippen LogP contribution < -0.4 is 16.1 Å². The lowest BCUT2D eigenvalue weighted by atomic mass is 10.1. The van der Waals surface area contributed by atoms with Gasteiger partial charge in [-0.15, -0.1) is 5.10 Å². The van der Waals surface area contributed by atoms with Crippen LogP contribution in [-0.2, 0) is 9.59 Å². The minimum Gasteiger partial charge on any atom is -0.368 e. The van der Waals surface area contributed by atoms with Crippen molar-refractivity contribution in [2.75, 3.05) is 10.3 Å². The molecule has 0 bridgehead atoms. The van der Waals surface area contributed by atoms with Gasteiger partial charge in [-0.1, -0.05) is 6.07 Å². The first-order valence-electron chi connectivity index (χ1n) is 9.42. The molecule has 0 saturated heterocycles. The molecule has 10 nitrogen and oxygen atoms in total. The van der Waals surface area contributed by atoms with Gasteiger partial charge in [0.25, 0.3) is 5.91 Å². The number of hydrogen-bond acceptors (Lipinski definition) is 7. The zero-order chi connectivity index (χ0) is 22.1. The van der Waals surface area contributed by atoms with Gasteiger partial charge in [-0.25, -0.2) is 4.39 Å². The number of amides is 2. The summed E-state index contributed by atoms with van der Waals surface area (Å²) >= 11 is 0. The molecule has 3 N–H and O–H groups in total. The molecule has 158 valence electrons. The quantitative estimate of drug-likeness (QED) is 0.640. The zero-order valence-electron chi connectivity index (χ0n) is 16.8. The molecule has 11 heteroatoms. The maximum atomic E-state index is 13.2. The Morgan fingerprint density at radius 1 is 1.16 bits per heavy atom. The second-order valence-electron chi connectivity index (χ2n) is 7.08. The van der Waals surface area contributed by atoms with Crippen molar-refractivity contribution in [1.82, 2.24) is 20.2 Å². The molecule has 4 rings (SSSR count). The fourth-order valence-corrected chi connectivity index (χ4v) is 3.27. The Morgan fingerprint density at radius 2 is 1.90 bits per heavy atom. The Bertz CT molecular complexity index is 1190. The standard InChI is InChI=1S/C20H19FN8O2/c1-11-3-6-14(9-17(11)28-12(2)24-26-27-28)23-20(31)16-10-18(19(22)30)29(25-16)15-7-4-13(21)5-8-15/h3-9,18H,10H2,1-2H3,(H2,22,30)(H,23,31). The minimum atomic E-state index is -0.844. The topological polar surface area (TPSA) is 131 Å². The summed E-state index contributed by atoms with van der Waals surface area (Å²) in [6.07, 6.45) is 0.0311. The van der Waals surface area contributed by atoms with Crippen LogP contribution >= 0.6 is 0 Å². The van der Waals surface area contributed by atoms with Crippen LogP contribution in [0.5, 0.6) is 0 Å². The highest BCUT2D eigenvalue weighted by atomic mass is 19.1. The summed E-state index contributed by atoms with van der Waals surface area (Å²) in [4.78, 5) is 24.7. The largest absolute Gasteiger partial charge is 0.368 e. The summed E-state index contributed by atoms with van der Waals surface area (Å²) in [5.74, 6) is -0.929. The highest BCUT2D eigenvalue weighted by Crippen LogP contribution is 2.26. The normalized spacial score (nSPS) is 15.6. The van der Waals surface area contributed by atoms with Gasteiger partial charge in [0.05, 0.1) is 11.4 Å². The number of hydrazone groups is 1. The highest BCUT2D eigenvalue weighted by molar-refractivity contribution is 6.44. The Balaban J connectivity index is 1.58. The van der Waals surface area contributed by atoms with Crippen LogP contribution in [0.2, 0.25) is 0 Å². The average molecular weight is 422 g/mol. The van der Waals surface area contributed by atoms with Crippen molar-refractivity contribution in [3.05, 3.63) is 59.7 Å². The van der Waals surface area contributed by atoms with Crippen LogP contribution in [0.4, 0.5) is 15.8 Å². The molecule has 1 unspecified atom stereocenters. The summed E-state index contributed by atoms with van der Waals surface area (Å²) < 4.78 is 14.8. The van der Waals surface area contributed by atoms with Crippen molar-refractivity contribution >= 4 is 28.9 Å². The van der Waals surface area contributed by atoms with Gasteiger partial charge in [-0.3, -0.25) is 14.6 Å². The van der Waals surface area contributed by atoms with Gasteiger partial charge < -0.3 is 11.1 Å². The molecule has 2 aromatic carbocycles. The zero-order valence-corrected chi connectivity index (χ0v) is 16.8. The predicted octanol–water partition coefficient (Wildman–Crippen LogP) is 1.48. The van der Waals surface area contributed by atoms with Crippen molar-refractivity contribution in [1.29, 1.82) is 0 Å². The summed E-state index contributed by atoms with van der Waals surface area (Å²) in [5.41, 5.74) is 8.24. The van der Waals surface area contributed by atoms with Gasteiger partial charge in [0.1, 0.15) is 17.6 Å². The van der Waals surface area contributed by atoms with Crippen LogP contribution in [0.3, 0.4) is 0 Å². The van der Waals surface area contributed by atoms with E-state index in [4.69, 9.17) is 5.73 Å². The number of aromatic nitrogens is 4. The maximum Gasteiger partial charge on any atom is 0.271 e. The van der Waals surface area contributed by atoms with Crippen molar-refractivity contribution in [3.8, 4) is 5.69 Å². The number of primary amides is 1. The smallest absolute Gasteiger partial charge is 0.271 e. The van der Waals surface area contributed by atoms with E-state index < -0.39 is 23.7 Å². The number of nitrogens with two attached hydrogens (primary N) is 1. The van der Waals surface area contributed by atoms with Crippen LogP contribution in [0.1, 0.15) is 17.8 Å². The first kappa shape index (κ1) is 20.1. The monoisotopic (exact) mass is 422 g/mol. The Morgan fingerprint density at radius 3 is 2.55 bits per heavy atom. The van der Waals surface area contributed by atoms with Crippen molar-refractivity contribution in [2.24, 2.45) is 10.8 Å². The molecule has 1 aliphatic rings. The number of rotatable bonds is 5. The lowest BCUT2D eigenvalue weighted by Gasteiger charge is -2.20. The molecule has 0 spiro atoms. The van der Waals surface area contributed by atoms with Gasteiger partial charge in [0.15, 0.2) is 5.82 Å². The fraction of sp³-hybridized carbons (Fsp3) is 0.200. The van der Waals surface area contributed by atoms with Crippen LogP contribution in [-0.4, -0.2) is 43.8 Å². The minimum absolute atomic E-state index is 0.0311. The van der Waals surface area contributed by atoms with Crippen LogP contribution in [0.15, 0.2) is 47.6 Å². The molecule has 0 radical (unpaired) electrons. The summed E-state index contributed by atoms with van der Waals surface area (Å²) in [6.45, 7) is 3.67. The van der Waals surface area contributed by atoms with E-state index in [9.17, 15) is 14.0 Å². The second kappa shape index (κ2) is 7.94. The molecule has 1 aromatic heterocycles. The third-order valence-electron chi connectivity index (χ3n) is 4.91. The van der Waals surface area contributed by atoms with Crippen molar-refractivity contribution < 1.29 is 14.0 Å². The van der Waals surface area contributed by atoms with E-state index in [-0.39, 0.29) is 12.1 Å². The number of benzene rings is 2. The molecule has 0 aliphatic carbocycles. The number of nitrogens with one attached hydrogen (secondary N) is 1. The number of carbonyl (C=O) groups excluding carboxylic acids is 2. The number of carbonyl (C=O) groups is 2. The molecule has 2 amide bonds. The maximum absolute atomic E-state index is 13.2. The molecule has 2 heterocycles. The second-order valence-corrected chi connectivity index (χ2v) is 7.08. The Labute approximate surface area is 176 Å². The van der Waals surface area contributed by atoms with E-state index in [0.717, 1.165) is 11.3 Å². The van der Waals surface area contributed by atoms with E-state index >= 15 is 0 Å². The van der Waals surface area contributed by atoms with E-state index in [1.807, 2.05) is 13.0 Å². The SMILES string of the molecule is Cc1ccc(NC(=O)C2=NN(c3ccc(F)cc3)C(C(N)=O)C2)cc1-n1nnnc1C. The molecule has 0 fully saturated rings. The molecule has 0 saturated carbocycles. The summed E-state index contributed by atoms with van der Waals surface area (Å²) in [6, 6.07) is 9.91. The Hall–Kier alpha value is -4.15. The van der Waals surface area contributed by atoms with Gasteiger partial charge in [-0.2, -0.15) is 9.78 Å². The third-order valence-corrected chi connectivity index (χ3v) is 4.91. The molecular formula is C20H19FN8O2. The average Bonchev–Trinajstić information content (AvgIpc) is 3.37. The van der Waals surface area contributed by atoms with Gasteiger partial charge in [-0.05, 0) is 66.2 Å². The third kappa shape index (κ3) is 3.97. The number of hydrogen-bond donors (Lipinski definition) is 2. The van der Waals surface area contributed by atoms with Crippen LogP contribution in [0.25, 0.3) is 5.69 Å². The first-order valence-corrected chi connectivity index (χ1v) is 9.42. The highest BCUT2D eigenvalue weighted by Gasteiger charge is 2.35. The van der Waals surface area contributed by atoms with E-state index in [0.29, 0.717) is 17.2 Å². The fourth-order valence-electron chi connectivity index (χ4n) is 3.27. The summed E-state index contributed by atoms with van der Waals surface area (Å²) in [7, 11) is 0. The van der Waals surface area contributed by atoms with Gasteiger partial charge in [0.2, 0.25) is 5.91 Å². The molecule has 3 aromatic rings. The van der Waals surface area contributed by atoms with Gasteiger partial charge in [0, 0.05) is 12.1 Å². The number of tetrazole rings is 1. The molecular weight excluding hydrogens is 403 g/mol. The van der Waals surface area contributed by atoms with E-state index in [2.05, 4.69) is 25.9 Å². The first-order chi connectivity index (χ1) is 14.8. The summed E-state index contributed by atoms with van der Waals surface area (Å²) in [5, 5.41) is 19.9. The molecule has 1 aliphatic heterocycles. The number of nitrogens with zero attached hydrogens (tertiary/aromatic N) is 6. The van der Waals surface area contributed by atoms with E-state index in [1.54, 1.807) is 23.7 Å². The lowest BCUT2D eigenvalue weighted by Crippen LogP contribution is -2.39. The Kier molecular flexibility index (Phi) is 5.15. The van der Waals surface area contributed by atoms with Crippen molar-refractivity contribution in [2.45, 2.75) is 26.3 Å². The predicted molar refractivity (Wildman–Crippen MR) is 111 cm³/mol. The number of anilines is 2. The molecule has 31 heavy (non-hydrogen) atoms. The van der Waals surface area contributed by atoms with Crippen molar-refractivity contribution in [3.63, 3.8) is 0 Å².